The maximum Gasteiger partial charge on any atom is 0.276 e. The first-order chi connectivity index (χ1) is 9.74. The molecule has 6 heteroatoms. The molecule has 0 N–H and O–H groups in total. The monoisotopic (exact) mass is 272 g/mol. The molecule has 0 bridgehead atoms. The van der Waals surface area contributed by atoms with Gasteiger partial charge in [0, 0.05) is 13.1 Å². The zero-order valence-electron chi connectivity index (χ0n) is 11.3. The van der Waals surface area contributed by atoms with Gasteiger partial charge in [0.05, 0.1) is 24.6 Å². The van der Waals surface area contributed by atoms with Gasteiger partial charge in [0.2, 0.25) is 0 Å². The summed E-state index contributed by atoms with van der Waals surface area (Å²) in [4.78, 5) is 15.6. The number of para-hydroxylation sites is 1. The van der Waals surface area contributed by atoms with Crippen molar-refractivity contribution in [1.29, 1.82) is 0 Å². The van der Waals surface area contributed by atoms with Crippen molar-refractivity contribution < 1.29 is 9.53 Å². The molecule has 2 heterocycles. The van der Waals surface area contributed by atoms with Crippen molar-refractivity contribution in [1.82, 2.24) is 19.9 Å². The molecule has 3 rings (SSSR count). The summed E-state index contributed by atoms with van der Waals surface area (Å²) in [6.45, 7) is 3.72. The van der Waals surface area contributed by atoms with Crippen molar-refractivity contribution in [2.75, 3.05) is 19.7 Å². The van der Waals surface area contributed by atoms with E-state index in [2.05, 4.69) is 10.2 Å². The topological polar surface area (TPSA) is 60.2 Å². The molecule has 1 amide bonds. The van der Waals surface area contributed by atoms with Crippen LogP contribution in [0.15, 0.2) is 36.5 Å². The van der Waals surface area contributed by atoms with Gasteiger partial charge < -0.3 is 9.64 Å². The zero-order chi connectivity index (χ0) is 13.9. The van der Waals surface area contributed by atoms with Gasteiger partial charge in [-0.3, -0.25) is 4.79 Å². The largest absolute Gasteiger partial charge is 0.375 e. The van der Waals surface area contributed by atoms with E-state index >= 15 is 0 Å². The summed E-state index contributed by atoms with van der Waals surface area (Å²) < 4.78 is 5.43. The number of ether oxygens (including phenoxy) is 1. The van der Waals surface area contributed by atoms with E-state index in [4.69, 9.17) is 4.74 Å². The van der Waals surface area contributed by atoms with Gasteiger partial charge in [0.1, 0.15) is 0 Å². The summed E-state index contributed by atoms with van der Waals surface area (Å²) in [7, 11) is 0. The van der Waals surface area contributed by atoms with E-state index in [1.54, 1.807) is 4.90 Å². The molecular formula is C14H16N4O2. The molecule has 1 saturated heterocycles. The first kappa shape index (κ1) is 12.8. The molecule has 0 spiro atoms. The van der Waals surface area contributed by atoms with E-state index in [-0.39, 0.29) is 12.0 Å². The third-order valence-corrected chi connectivity index (χ3v) is 3.23. The number of hydrogen-bond donors (Lipinski definition) is 0. The summed E-state index contributed by atoms with van der Waals surface area (Å²) in [5.74, 6) is -0.0951. The maximum absolute atomic E-state index is 12.3. The first-order valence-corrected chi connectivity index (χ1v) is 6.62. The highest BCUT2D eigenvalue weighted by molar-refractivity contribution is 5.92. The Kier molecular flexibility index (Phi) is 3.47. The summed E-state index contributed by atoms with van der Waals surface area (Å²) >= 11 is 0. The van der Waals surface area contributed by atoms with Crippen LogP contribution in [0.5, 0.6) is 0 Å². The molecule has 1 aliphatic rings. The Morgan fingerprint density at radius 2 is 2.15 bits per heavy atom. The molecule has 0 aliphatic carbocycles. The van der Waals surface area contributed by atoms with E-state index in [9.17, 15) is 4.79 Å². The number of amides is 1. The van der Waals surface area contributed by atoms with Crippen LogP contribution in [0.4, 0.5) is 0 Å². The minimum atomic E-state index is -0.0951. The van der Waals surface area contributed by atoms with Gasteiger partial charge >= 0.3 is 0 Å². The van der Waals surface area contributed by atoms with Crippen LogP contribution < -0.4 is 0 Å². The number of carbonyl (C=O) groups is 1. The molecule has 1 aliphatic heterocycles. The average molecular weight is 272 g/mol. The number of nitrogens with zero attached hydrogens (tertiary/aromatic N) is 4. The Morgan fingerprint density at radius 3 is 2.90 bits per heavy atom. The Balaban J connectivity index is 1.78. The van der Waals surface area contributed by atoms with Crippen LogP contribution in [-0.2, 0) is 4.74 Å². The van der Waals surface area contributed by atoms with Crippen molar-refractivity contribution in [2.45, 2.75) is 13.0 Å². The highest BCUT2D eigenvalue weighted by atomic mass is 16.5. The fraction of sp³-hybridized carbons (Fsp3) is 0.357. The Labute approximate surface area is 117 Å². The third kappa shape index (κ3) is 2.55. The van der Waals surface area contributed by atoms with Crippen LogP contribution in [0.25, 0.3) is 5.69 Å². The second kappa shape index (κ2) is 5.42. The molecule has 20 heavy (non-hydrogen) atoms. The van der Waals surface area contributed by atoms with Crippen molar-refractivity contribution in [3.05, 3.63) is 42.2 Å². The smallest absolute Gasteiger partial charge is 0.276 e. The highest BCUT2D eigenvalue weighted by Gasteiger charge is 2.24. The lowest BCUT2D eigenvalue weighted by atomic mass is 10.3. The lowest BCUT2D eigenvalue weighted by molar-refractivity contribution is -0.0126. The normalized spacial score (nSPS) is 19.1. The average Bonchev–Trinajstić information content (AvgIpc) is 2.97. The predicted octanol–water partition coefficient (Wildman–Crippen LogP) is 1.13. The molecule has 0 unspecified atom stereocenters. The minimum absolute atomic E-state index is 0.0665. The minimum Gasteiger partial charge on any atom is -0.375 e. The molecule has 0 saturated carbocycles. The van der Waals surface area contributed by atoms with E-state index in [0.717, 1.165) is 5.69 Å². The van der Waals surface area contributed by atoms with Gasteiger partial charge in [-0.2, -0.15) is 9.90 Å². The van der Waals surface area contributed by atoms with Crippen LogP contribution >= 0.6 is 0 Å². The van der Waals surface area contributed by atoms with Crippen LogP contribution in [0.3, 0.4) is 0 Å². The summed E-state index contributed by atoms with van der Waals surface area (Å²) in [5, 5.41) is 8.40. The van der Waals surface area contributed by atoms with Crippen LogP contribution in [-0.4, -0.2) is 51.6 Å². The second-order valence-corrected chi connectivity index (χ2v) is 4.79. The van der Waals surface area contributed by atoms with Gasteiger partial charge in [-0.25, -0.2) is 0 Å². The van der Waals surface area contributed by atoms with Gasteiger partial charge in [-0.05, 0) is 19.1 Å². The molecule has 1 fully saturated rings. The summed E-state index contributed by atoms with van der Waals surface area (Å²) in [5.41, 5.74) is 1.20. The quantitative estimate of drug-likeness (QED) is 0.822. The van der Waals surface area contributed by atoms with E-state index in [0.29, 0.717) is 25.4 Å². The summed E-state index contributed by atoms with van der Waals surface area (Å²) in [6.07, 6.45) is 1.58. The van der Waals surface area contributed by atoms with Crippen molar-refractivity contribution in [2.24, 2.45) is 0 Å². The molecule has 1 atom stereocenters. The van der Waals surface area contributed by atoms with E-state index in [1.807, 2.05) is 37.3 Å². The number of benzene rings is 1. The number of aromatic nitrogens is 3. The van der Waals surface area contributed by atoms with Gasteiger partial charge in [0.15, 0.2) is 5.69 Å². The molecule has 2 aromatic rings. The van der Waals surface area contributed by atoms with Crippen LogP contribution in [0.2, 0.25) is 0 Å². The molecule has 1 aromatic heterocycles. The lowest BCUT2D eigenvalue weighted by Gasteiger charge is -2.30. The molecule has 6 nitrogen and oxygen atoms in total. The standard InChI is InChI=1S/C14H16N4O2/c1-11-10-17(7-8-20-11)14(19)13-9-15-18(16-13)12-5-3-2-4-6-12/h2-6,9,11H,7-8,10H2,1H3/t11-/m1/s1. The van der Waals surface area contributed by atoms with Gasteiger partial charge in [-0.1, -0.05) is 18.2 Å². The molecule has 1 aromatic carbocycles. The Hall–Kier alpha value is -2.21. The molecular weight excluding hydrogens is 256 g/mol. The van der Waals surface area contributed by atoms with Gasteiger partial charge in [0.25, 0.3) is 5.91 Å². The summed E-state index contributed by atoms with van der Waals surface area (Å²) in [6, 6.07) is 9.53. The Bertz CT molecular complexity index is 596. The Morgan fingerprint density at radius 1 is 1.35 bits per heavy atom. The number of rotatable bonds is 2. The first-order valence-electron chi connectivity index (χ1n) is 6.62. The van der Waals surface area contributed by atoms with Crippen molar-refractivity contribution >= 4 is 5.91 Å². The van der Waals surface area contributed by atoms with E-state index < -0.39 is 0 Å². The number of morpholine rings is 1. The maximum atomic E-state index is 12.3. The second-order valence-electron chi connectivity index (χ2n) is 4.79. The fourth-order valence-electron chi connectivity index (χ4n) is 2.21. The fourth-order valence-corrected chi connectivity index (χ4v) is 2.21. The van der Waals surface area contributed by atoms with Gasteiger partial charge in [-0.15, -0.1) is 5.10 Å². The molecule has 0 radical (unpaired) electrons. The zero-order valence-corrected chi connectivity index (χ0v) is 11.3. The highest BCUT2D eigenvalue weighted by Crippen LogP contribution is 2.10. The van der Waals surface area contributed by atoms with Crippen LogP contribution in [0, 0.1) is 0 Å². The number of hydrogen-bond acceptors (Lipinski definition) is 4. The SMILES string of the molecule is C[C@@H]1CN(C(=O)c2cnn(-c3ccccc3)n2)CCO1. The molecule has 104 valence electrons. The van der Waals surface area contributed by atoms with Crippen molar-refractivity contribution in [3.63, 3.8) is 0 Å². The van der Waals surface area contributed by atoms with E-state index in [1.165, 1.54) is 11.0 Å². The number of carbonyl (C=O) groups excluding carboxylic acids is 1. The van der Waals surface area contributed by atoms with Crippen LogP contribution in [0.1, 0.15) is 17.4 Å². The third-order valence-electron chi connectivity index (χ3n) is 3.23. The van der Waals surface area contributed by atoms with Crippen molar-refractivity contribution in [3.8, 4) is 5.69 Å². The predicted molar refractivity (Wildman–Crippen MR) is 72.7 cm³/mol. The lowest BCUT2D eigenvalue weighted by Crippen LogP contribution is -2.44.